The van der Waals surface area contributed by atoms with Crippen LogP contribution in [-0.2, 0) is 33.4 Å². The summed E-state index contributed by atoms with van der Waals surface area (Å²) in [7, 11) is 0. The molecule has 4 aliphatic heterocycles. The summed E-state index contributed by atoms with van der Waals surface area (Å²) in [6.45, 7) is 13.6. The molecule has 0 aliphatic carbocycles. The minimum absolute atomic E-state index is 0.138. The Labute approximate surface area is 248 Å². The lowest BCUT2D eigenvalue weighted by Gasteiger charge is -2.37. The molecule has 4 heterocycles. The second-order valence-corrected chi connectivity index (χ2v) is 11.6. The molecule has 4 fully saturated rings. The van der Waals surface area contributed by atoms with Gasteiger partial charge in [-0.1, -0.05) is 12.2 Å². The molecule has 12 nitrogen and oxygen atoms in total. The molecule has 42 heavy (non-hydrogen) atoms. The molecular formula is C30H46N4O8. The van der Waals surface area contributed by atoms with E-state index in [0.717, 1.165) is 13.1 Å². The summed E-state index contributed by atoms with van der Waals surface area (Å²) in [5.41, 5.74) is -1.14. The monoisotopic (exact) mass is 590 g/mol. The fourth-order valence-corrected chi connectivity index (χ4v) is 6.79. The second-order valence-electron chi connectivity index (χ2n) is 11.6. The number of likely N-dealkylation sites (tertiary alicyclic amines) is 1. The Balaban J connectivity index is 1.50. The number of esters is 1. The minimum atomic E-state index is -1.14. The third-order valence-electron chi connectivity index (χ3n) is 8.79. The van der Waals surface area contributed by atoms with Gasteiger partial charge < -0.3 is 34.4 Å². The van der Waals surface area contributed by atoms with Crippen LogP contribution in [0.25, 0.3) is 0 Å². The number of rotatable bonds is 16. The van der Waals surface area contributed by atoms with Crippen LogP contribution in [-0.4, -0.2) is 133 Å². The van der Waals surface area contributed by atoms with Gasteiger partial charge in [0.1, 0.15) is 17.7 Å². The topological polar surface area (TPSA) is 138 Å². The highest BCUT2D eigenvalue weighted by Gasteiger charge is 2.75. The van der Waals surface area contributed by atoms with E-state index in [1.165, 1.54) is 4.90 Å². The molecule has 0 unspecified atom stereocenters. The van der Waals surface area contributed by atoms with E-state index in [1.807, 2.05) is 0 Å². The fraction of sp³-hybridized carbons (Fsp3) is 0.733. The number of aliphatic hydroxyl groups excluding tert-OH is 1. The molecule has 0 aromatic carbocycles. The number of hydrogen-bond donors (Lipinski definition) is 2. The van der Waals surface area contributed by atoms with Crippen molar-refractivity contribution in [2.75, 3.05) is 65.6 Å². The van der Waals surface area contributed by atoms with Crippen LogP contribution in [0, 0.1) is 11.8 Å². The minimum Gasteiger partial charge on any atom is -0.460 e. The average Bonchev–Trinajstić information content (AvgIpc) is 3.63. The van der Waals surface area contributed by atoms with Gasteiger partial charge in [0.25, 0.3) is 0 Å². The Kier molecular flexibility index (Phi) is 11.2. The Morgan fingerprint density at radius 2 is 2.00 bits per heavy atom. The summed E-state index contributed by atoms with van der Waals surface area (Å²) in [6.07, 6.45) is 4.36. The number of ether oxygens (including phenoxy) is 3. The molecule has 234 valence electrons. The van der Waals surface area contributed by atoms with Gasteiger partial charge in [0, 0.05) is 52.3 Å². The van der Waals surface area contributed by atoms with Gasteiger partial charge in [-0.2, -0.15) is 0 Å². The molecule has 4 saturated heterocycles. The van der Waals surface area contributed by atoms with E-state index in [2.05, 4.69) is 23.4 Å². The number of carbonyl (C=O) groups excluding carboxylic acids is 4. The van der Waals surface area contributed by atoms with E-state index < -0.39 is 41.7 Å². The molecular weight excluding hydrogens is 544 g/mol. The number of carbonyl (C=O) groups is 4. The summed E-state index contributed by atoms with van der Waals surface area (Å²) >= 11 is 0. The molecule has 2 N–H and O–H groups in total. The standard InChI is InChI=1S/C30H46N4O8/c1-4-6-8-23(36)31-20-21(3)41-29(39)24-22-9-10-30(42-22)25(24)27(37)34(12-7-17-35)26(30)28(38)33(11-5-2)14-13-32-15-18-40-19-16-32/h4-5,21-22,24-26,35H,1-2,6-20H2,3H3,(H,31,36)/t21-,22-,24+,25+,26-,30+/m1/s1. The lowest BCUT2D eigenvalue weighted by Crippen LogP contribution is -2.57. The summed E-state index contributed by atoms with van der Waals surface area (Å²) in [5, 5.41) is 12.3. The molecule has 0 aromatic heterocycles. The second kappa shape index (κ2) is 14.6. The maximum Gasteiger partial charge on any atom is 0.312 e. The van der Waals surface area contributed by atoms with Crippen LogP contribution in [0.5, 0.6) is 0 Å². The first-order chi connectivity index (χ1) is 20.3. The third-order valence-corrected chi connectivity index (χ3v) is 8.79. The Morgan fingerprint density at radius 3 is 2.69 bits per heavy atom. The van der Waals surface area contributed by atoms with Crippen molar-refractivity contribution in [1.29, 1.82) is 0 Å². The van der Waals surface area contributed by atoms with Crippen molar-refractivity contribution in [3.8, 4) is 0 Å². The van der Waals surface area contributed by atoms with E-state index in [1.54, 1.807) is 24.0 Å². The van der Waals surface area contributed by atoms with Gasteiger partial charge in [0.15, 0.2) is 0 Å². The van der Waals surface area contributed by atoms with Crippen LogP contribution < -0.4 is 5.32 Å². The van der Waals surface area contributed by atoms with Crippen LogP contribution in [0.1, 0.15) is 39.0 Å². The van der Waals surface area contributed by atoms with Crippen molar-refractivity contribution in [2.24, 2.45) is 11.8 Å². The molecule has 3 amide bonds. The zero-order chi connectivity index (χ0) is 30.3. The average molecular weight is 591 g/mol. The molecule has 0 saturated carbocycles. The van der Waals surface area contributed by atoms with Crippen LogP contribution >= 0.6 is 0 Å². The van der Waals surface area contributed by atoms with Gasteiger partial charge in [-0.3, -0.25) is 24.1 Å². The first-order valence-electron chi connectivity index (χ1n) is 15.1. The first kappa shape index (κ1) is 32.1. The summed E-state index contributed by atoms with van der Waals surface area (Å²) in [5.74, 6) is -2.97. The molecule has 4 aliphatic rings. The predicted molar refractivity (Wildman–Crippen MR) is 153 cm³/mol. The Bertz CT molecular complexity index is 1020. The lowest BCUT2D eigenvalue weighted by molar-refractivity contribution is -0.159. The van der Waals surface area contributed by atoms with Crippen LogP contribution in [0.15, 0.2) is 25.3 Å². The van der Waals surface area contributed by atoms with Gasteiger partial charge >= 0.3 is 5.97 Å². The van der Waals surface area contributed by atoms with Crippen molar-refractivity contribution in [3.63, 3.8) is 0 Å². The van der Waals surface area contributed by atoms with E-state index in [9.17, 15) is 24.3 Å². The number of fused-ring (bicyclic) bond motifs is 1. The number of nitrogens with zero attached hydrogens (tertiary/aromatic N) is 3. The Hall–Kier alpha value is -2.80. The van der Waals surface area contributed by atoms with Crippen molar-refractivity contribution in [2.45, 2.75) is 62.9 Å². The van der Waals surface area contributed by atoms with Gasteiger partial charge in [0.05, 0.1) is 37.7 Å². The highest BCUT2D eigenvalue weighted by Crippen LogP contribution is 2.58. The van der Waals surface area contributed by atoms with Gasteiger partial charge in [-0.05, 0) is 32.6 Å². The highest BCUT2D eigenvalue weighted by molar-refractivity contribution is 5.98. The normalized spacial score (nSPS) is 29.2. The SMILES string of the molecule is C=CCCC(=O)NC[C@@H](C)OC(=O)[C@@H]1[C@H]2C(=O)N(CCCO)[C@H](C(=O)N(CC=C)CCN3CCOCC3)[C@]23CC[C@H]1O3. The zero-order valence-corrected chi connectivity index (χ0v) is 24.7. The number of hydrogen-bond acceptors (Lipinski definition) is 9. The summed E-state index contributed by atoms with van der Waals surface area (Å²) < 4.78 is 17.6. The first-order valence-corrected chi connectivity index (χ1v) is 15.1. The zero-order valence-electron chi connectivity index (χ0n) is 24.7. The van der Waals surface area contributed by atoms with E-state index in [4.69, 9.17) is 14.2 Å². The van der Waals surface area contributed by atoms with E-state index in [0.29, 0.717) is 65.0 Å². The maximum atomic E-state index is 14.3. The largest absolute Gasteiger partial charge is 0.460 e. The predicted octanol–water partition coefficient (Wildman–Crippen LogP) is 0.104. The molecule has 6 atom stereocenters. The smallest absolute Gasteiger partial charge is 0.312 e. The van der Waals surface area contributed by atoms with Crippen LogP contribution in [0.2, 0.25) is 0 Å². The van der Waals surface area contributed by atoms with Crippen molar-refractivity contribution < 1.29 is 38.5 Å². The highest BCUT2D eigenvalue weighted by atomic mass is 16.6. The van der Waals surface area contributed by atoms with Gasteiger partial charge in [-0.25, -0.2) is 0 Å². The number of morpholine rings is 1. The molecule has 2 bridgehead atoms. The summed E-state index contributed by atoms with van der Waals surface area (Å²) in [6, 6.07) is -0.907. The van der Waals surface area contributed by atoms with Crippen molar-refractivity contribution >= 4 is 23.7 Å². The summed E-state index contributed by atoms with van der Waals surface area (Å²) in [4.78, 5) is 59.2. The molecule has 0 aromatic rings. The van der Waals surface area contributed by atoms with E-state index >= 15 is 0 Å². The number of aliphatic hydroxyl groups is 1. The molecule has 4 rings (SSSR count). The Morgan fingerprint density at radius 1 is 1.24 bits per heavy atom. The number of allylic oxidation sites excluding steroid dienone is 1. The lowest BCUT2D eigenvalue weighted by atomic mass is 9.70. The van der Waals surface area contributed by atoms with Gasteiger partial charge in [0.2, 0.25) is 17.7 Å². The fourth-order valence-electron chi connectivity index (χ4n) is 6.79. The van der Waals surface area contributed by atoms with Crippen molar-refractivity contribution in [1.82, 2.24) is 20.0 Å². The third kappa shape index (κ3) is 6.72. The quantitative estimate of drug-likeness (QED) is 0.189. The molecule has 12 heteroatoms. The molecule has 0 radical (unpaired) electrons. The van der Waals surface area contributed by atoms with Crippen LogP contribution in [0.3, 0.4) is 0 Å². The van der Waals surface area contributed by atoms with Crippen molar-refractivity contribution in [3.05, 3.63) is 25.3 Å². The van der Waals surface area contributed by atoms with Gasteiger partial charge in [-0.15, -0.1) is 13.2 Å². The van der Waals surface area contributed by atoms with E-state index in [-0.39, 0.29) is 37.4 Å². The molecule has 1 spiro atoms. The number of amides is 3. The van der Waals surface area contributed by atoms with Crippen LogP contribution in [0.4, 0.5) is 0 Å². The number of nitrogens with one attached hydrogen (secondary N) is 1. The maximum absolute atomic E-state index is 14.3.